The van der Waals surface area contributed by atoms with Crippen LogP contribution in [0.4, 0.5) is 5.69 Å². The fraction of sp³-hybridized carbons (Fsp3) is 0.457. The number of methoxy groups -OCH3 is 1. The maximum Gasteiger partial charge on any atom is 0.277 e. The van der Waals surface area contributed by atoms with Gasteiger partial charge in [0.05, 0.1) is 14.2 Å². The number of amides is 2. The second kappa shape index (κ2) is 15.2. The lowest BCUT2D eigenvalue weighted by Crippen LogP contribution is -2.48. The number of nitrogens with zero attached hydrogens (tertiary/aromatic N) is 4. The summed E-state index contributed by atoms with van der Waals surface area (Å²) in [5, 5.41) is 4.29. The zero-order valence-corrected chi connectivity index (χ0v) is 27.2. The molecule has 1 aliphatic rings. The quantitative estimate of drug-likeness (QED) is 0.281. The summed E-state index contributed by atoms with van der Waals surface area (Å²) in [6.07, 6.45) is 6.81. The molecule has 9 heteroatoms. The Morgan fingerprint density at radius 2 is 1.68 bits per heavy atom. The average Bonchev–Trinajstić information content (AvgIpc) is 3.03. The van der Waals surface area contributed by atoms with E-state index in [4.69, 9.17) is 9.57 Å². The first-order valence-corrected chi connectivity index (χ1v) is 15.4. The van der Waals surface area contributed by atoms with Gasteiger partial charge in [-0.25, -0.2) is 5.06 Å². The summed E-state index contributed by atoms with van der Waals surface area (Å²) in [5.74, 6) is 0.503. The number of hydrogen-bond acceptors (Lipinski definition) is 7. The summed E-state index contributed by atoms with van der Waals surface area (Å²) in [7, 11) is 4.71. The summed E-state index contributed by atoms with van der Waals surface area (Å²) in [6, 6.07) is 14.7. The minimum absolute atomic E-state index is 0.106. The molecule has 1 saturated heterocycles. The normalized spacial score (nSPS) is 14.6. The lowest BCUT2D eigenvalue weighted by atomic mass is 9.98. The number of ether oxygens (including phenoxy) is 1. The highest BCUT2D eigenvalue weighted by Crippen LogP contribution is 2.29. The number of aryl methyl sites for hydroxylation is 3. The van der Waals surface area contributed by atoms with Gasteiger partial charge >= 0.3 is 0 Å². The van der Waals surface area contributed by atoms with Gasteiger partial charge < -0.3 is 19.9 Å². The molecule has 1 fully saturated rings. The number of rotatable bonds is 12. The van der Waals surface area contributed by atoms with Crippen LogP contribution in [0.5, 0.6) is 5.75 Å². The zero-order chi connectivity index (χ0) is 31.8. The molecule has 3 aromatic rings. The van der Waals surface area contributed by atoms with E-state index in [0.29, 0.717) is 29.8 Å². The first-order chi connectivity index (χ1) is 21.1. The van der Waals surface area contributed by atoms with Gasteiger partial charge in [-0.15, -0.1) is 0 Å². The number of benzene rings is 2. The zero-order valence-electron chi connectivity index (χ0n) is 27.2. The molecule has 9 nitrogen and oxygen atoms in total. The van der Waals surface area contributed by atoms with Crippen LogP contribution in [-0.2, 0) is 11.4 Å². The molecule has 2 heterocycles. The molecule has 1 N–H and O–H groups in total. The molecule has 1 aromatic heterocycles. The molecule has 2 amide bonds. The minimum atomic E-state index is -0.248. The molecule has 1 unspecified atom stereocenters. The van der Waals surface area contributed by atoms with E-state index < -0.39 is 0 Å². The molecule has 2 aromatic carbocycles. The van der Waals surface area contributed by atoms with Gasteiger partial charge in [0, 0.05) is 74.5 Å². The molecule has 1 aliphatic heterocycles. The molecule has 0 spiro atoms. The van der Waals surface area contributed by atoms with Crippen LogP contribution in [0.2, 0.25) is 0 Å². The van der Waals surface area contributed by atoms with Crippen LogP contribution in [0.3, 0.4) is 0 Å². The largest absolute Gasteiger partial charge is 0.497 e. The molecule has 0 radical (unpaired) electrons. The monoisotopic (exact) mass is 601 g/mol. The highest BCUT2D eigenvalue weighted by molar-refractivity contribution is 6.00. The van der Waals surface area contributed by atoms with Crippen LogP contribution in [0.25, 0.3) is 0 Å². The Labute approximate surface area is 262 Å². The predicted molar refractivity (Wildman–Crippen MR) is 174 cm³/mol. The number of piperidine rings is 1. The Balaban J connectivity index is 1.33. The van der Waals surface area contributed by atoms with Gasteiger partial charge in [0.2, 0.25) is 0 Å². The van der Waals surface area contributed by atoms with Crippen molar-refractivity contribution >= 4 is 17.5 Å². The maximum absolute atomic E-state index is 13.1. The standard InChI is InChI=1S/C35H47N5O4/c1-24-12-16-36-22-29(24)23-40(30-8-10-32(43-6)11-9-30)31-14-18-39(19-15-31)27(4)13-17-37-34(41)33-25(2)20-28(21-26(33)3)35(42)38(5)44-7/h8-12,16,20-22,27,31H,13-15,17-19,23H2,1-7H3,(H,37,41). The molecule has 4 rings (SSSR count). The molecule has 1 atom stereocenters. The Morgan fingerprint density at radius 1 is 1.02 bits per heavy atom. The third-order valence-corrected chi connectivity index (χ3v) is 8.87. The van der Waals surface area contributed by atoms with E-state index in [-0.39, 0.29) is 11.8 Å². The van der Waals surface area contributed by atoms with Crippen molar-refractivity contribution in [3.05, 3.63) is 88.2 Å². The first-order valence-electron chi connectivity index (χ1n) is 15.4. The van der Waals surface area contributed by atoms with Crippen molar-refractivity contribution in [3.8, 4) is 5.75 Å². The van der Waals surface area contributed by atoms with E-state index in [1.54, 1.807) is 26.3 Å². The Kier molecular flexibility index (Phi) is 11.4. The number of nitrogens with one attached hydrogen (secondary N) is 1. The van der Waals surface area contributed by atoms with Crippen molar-refractivity contribution in [2.24, 2.45) is 0 Å². The number of carbonyl (C=O) groups is 2. The summed E-state index contributed by atoms with van der Waals surface area (Å²) in [6.45, 7) is 11.5. The number of aromatic nitrogens is 1. The SMILES string of the molecule is COc1ccc(N(Cc2cnccc2C)C2CCN(C(C)CCNC(=O)c3c(C)cc(C(=O)N(C)OC)cc3C)CC2)cc1. The molecule has 0 bridgehead atoms. The molecule has 236 valence electrons. The van der Waals surface area contributed by atoms with Gasteiger partial charge in [0.1, 0.15) is 5.75 Å². The van der Waals surface area contributed by atoms with Crippen molar-refractivity contribution in [1.29, 1.82) is 0 Å². The number of pyridine rings is 1. The van der Waals surface area contributed by atoms with E-state index >= 15 is 0 Å². The summed E-state index contributed by atoms with van der Waals surface area (Å²) in [4.78, 5) is 40.1. The highest BCUT2D eigenvalue weighted by atomic mass is 16.7. The first kappa shape index (κ1) is 33.0. The number of anilines is 1. The van der Waals surface area contributed by atoms with Gasteiger partial charge in [-0.1, -0.05) is 0 Å². The number of carbonyl (C=O) groups excluding carboxylic acids is 2. The highest BCUT2D eigenvalue weighted by Gasteiger charge is 2.28. The van der Waals surface area contributed by atoms with E-state index in [1.165, 1.54) is 29.0 Å². The lowest BCUT2D eigenvalue weighted by molar-refractivity contribution is -0.0757. The van der Waals surface area contributed by atoms with Gasteiger partial charge in [-0.05, 0) is 112 Å². The van der Waals surface area contributed by atoms with Gasteiger partial charge in [-0.2, -0.15) is 0 Å². The van der Waals surface area contributed by atoms with Crippen LogP contribution in [-0.4, -0.2) is 79.7 Å². The lowest BCUT2D eigenvalue weighted by Gasteiger charge is -2.42. The Bertz CT molecular complexity index is 1400. The third kappa shape index (κ3) is 7.95. The van der Waals surface area contributed by atoms with E-state index in [9.17, 15) is 9.59 Å². The van der Waals surface area contributed by atoms with Crippen molar-refractivity contribution in [1.82, 2.24) is 20.3 Å². The predicted octanol–water partition coefficient (Wildman–Crippen LogP) is 5.33. The van der Waals surface area contributed by atoms with Crippen molar-refractivity contribution < 1.29 is 19.2 Å². The topological polar surface area (TPSA) is 87.2 Å². The minimum Gasteiger partial charge on any atom is -0.497 e. The smallest absolute Gasteiger partial charge is 0.277 e. The summed E-state index contributed by atoms with van der Waals surface area (Å²) >= 11 is 0. The van der Waals surface area contributed by atoms with Crippen molar-refractivity contribution in [2.75, 3.05) is 45.8 Å². The van der Waals surface area contributed by atoms with Crippen LogP contribution < -0.4 is 15.0 Å². The number of likely N-dealkylation sites (tertiary alicyclic amines) is 1. The average molecular weight is 602 g/mol. The molecule has 0 saturated carbocycles. The van der Waals surface area contributed by atoms with Gasteiger partial charge in [0.15, 0.2) is 0 Å². The maximum atomic E-state index is 13.1. The fourth-order valence-electron chi connectivity index (χ4n) is 6.06. The van der Waals surface area contributed by atoms with Crippen molar-refractivity contribution in [3.63, 3.8) is 0 Å². The fourth-order valence-corrected chi connectivity index (χ4v) is 6.06. The van der Waals surface area contributed by atoms with E-state index in [1.807, 2.05) is 38.4 Å². The van der Waals surface area contributed by atoms with Gasteiger partial charge in [-0.3, -0.25) is 19.4 Å². The molecule has 44 heavy (non-hydrogen) atoms. The molecular weight excluding hydrogens is 554 g/mol. The number of hydroxylamine groups is 2. The summed E-state index contributed by atoms with van der Waals surface area (Å²) in [5.41, 5.74) is 6.35. The Hall–Kier alpha value is -3.95. The Morgan fingerprint density at radius 3 is 2.27 bits per heavy atom. The van der Waals surface area contributed by atoms with Crippen LogP contribution in [0, 0.1) is 20.8 Å². The van der Waals surface area contributed by atoms with Crippen LogP contribution in [0.1, 0.15) is 69.2 Å². The second-order valence-corrected chi connectivity index (χ2v) is 11.8. The second-order valence-electron chi connectivity index (χ2n) is 11.8. The van der Waals surface area contributed by atoms with E-state index in [0.717, 1.165) is 55.8 Å². The third-order valence-electron chi connectivity index (χ3n) is 8.87. The van der Waals surface area contributed by atoms with Crippen LogP contribution in [0.15, 0.2) is 54.9 Å². The van der Waals surface area contributed by atoms with E-state index in [2.05, 4.69) is 52.1 Å². The molecule has 0 aliphatic carbocycles. The number of hydrogen-bond donors (Lipinski definition) is 1. The summed E-state index contributed by atoms with van der Waals surface area (Å²) < 4.78 is 5.40. The van der Waals surface area contributed by atoms with Crippen LogP contribution >= 0.6 is 0 Å². The van der Waals surface area contributed by atoms with Crippen molar-refractivity contribution in [2.45, 2.75) is 65.6 Å². The molecular formula is C35H47N5O4. The van der Waals surface area contributed by atoms with Gasteiger partial charge in [0.25, 0.3) is 11.8 Å².